The van der Waals surface area contributed by atoms with Crippen LogP contribution >= 0.6 is 0 Å². The van der Waals surface area contributed by atoms with Crippen molar-refractivity contribution < 1.29 is 24.1 Å². The lowest BCUT2D eigenvalue weighted by molar-refractivity contribution is -0.139. The first kappa shape index (κ1) is 14.5. The van der Waals surface area contributed by atoms with Crippen molar-refractivity contribution in [1.82, 2.24) is 5.32 Å². The van der Waals surface area contributed by atoms with Gasteiger partial charge in [0.1, 0.15) is 6.04 Å². The van der Waals surface area contributed by atoms with E-state index in [1.165, 1.54) is 21.3 Å². The van der Waals surface area contributed by atoms with Gasteiger partial charge in [-0.05, 0) is 25.0 Å². The molecule has 0 radical (unpaired) electrons. The molecule has 1 unspecified atom stereocenters. The minimum Gasteiger partial charge on any atom is -0.493 e. The van der Waals surface area contributed by atoms with E-state index in [9.17, 15) is 9.90 Å². The Balaban J connectivity index is 2.44. The second-order valence-electron chi connectivity index (χ2n) is 4.64. The topological polar surface area (TPSA) is 77.0 Å². The summed E-state index contributed by atoms with van der Waals surface area (Å²) in [6.07, 6.45) is 2.00. The average molecular weight is 281 g/mol. The van der Waals surface area contributed by atoms with E-state index in [0.717, 1.165) is 12.8 Å². The quantitative estimate of drug-likeness (QED) is 0.790. The van der Waals surface area contributed by atoms with Crippen LogP contribution in [0, 0.1) is 0 Å². The van der Waals surface area contributed by atoms with Gasteiger partial charge >= 0.3 is 5.97 Å². The molecule has 1 aliphatic carbocycles. The van der Waals surface area contributed by atoms with Crippen molar-refractivity contribution >= 4 is 5.97 Å². The minimum absolute atomic E-state index is 0.258. The Morgan fingerprint density at radius 2 is 1.85 bits per heavy atom. The van der Waals surface area contributed by atoms with E-state index >= 15 is 0 Å². The molecule has 1 aliphatic rings. The molecular formula is C14H19NO5. The number of nitrogens with one attached hydrogen (secondary N) is 1. The summed E-state index contributed by atoms with van der Waals surface area (Å²) < 4.78 is 15.8. The monoisotopic (exact) mass is 281 g/mol. The number of ether oxygens (including phenoxy) is 3. The van der Waals surface area contributed by atoms with E-state index in [1.54, 1.807) is 12.1 Å². The Morgan fingerprint density at radius 3 is 2.30 bits per heavy atom. The fourth-order valence-corrected chi connectivity index (χ4v) is 2.13. The third kappa shape index (κ3) is 2.80. The van der Waals surface area contributed by atoms with Gasteiger partial charge in [0.05, 0.1) is 21.3 Å². The fraction of sp³-hybridized carbons (Fsp3) is 0.500. The first-order valence-electron chi connectivity index (χ1n) is 6.40. The summed E-state index contributed by atoms with van der Waals surface area (Å²) in [5, 5.41) is 12.5. The molecule has 6 nitrogen and oxygen atoms in total. The van der Waals surface area contributed by atoms with Crippen LogP contribution in [0.4, 0.5) is 0 Å². The molecule has 20 heavy (non-hydrogen) atoms. The summed E-state index contributed by atoms with van der Waals surface area (Å²) in [4.78, 5) is 11.5. The molecule has 1 aromatic carbocycles. The van der Waals surface area contributed by atoms with Gasteiger partial charge in [0.2, 0.25) is 5.75 Å². The van der Waals surface area contributed by atoms with Crippen LogP contribution in [0.15, 0.2) is 12.1 Å². The number of benzene rings is 1. The van der Waals surface area contributed by atoms with Crippen molar-refractivity contribution in [3.8, 4) is 17.2 Å². The van der Waals surface area contributed by atoms with Crippen LogP contribution in [0.1, 0.15) is 24.4 Å². The molecule has 2 rings (SSSR count). The zero-order valence-corrected chi connectivity index (χ0v) is 11.8. The largest absolute Gasteiger partial charge is 0.493 e. The Morgan fingerprint density at radius 1 is 1.20 bits per heavy atom. The summed E-state index contributed by atoms with van der Waals surface area (Å²) in [7, 11) is 4.50. The zero-order valence-electron chi connectivity index (χ0n) is 11.8. The zero-order chi connectivity index (χ0) is 14.7. The highest BCUT2D eigenvalue weighted by Gasteiger charge is 2.32. The van der Waals surface area contributed by atoms with E-state index in [0.29, 0.717) is 22.8 Å². The van der Waals surface area contributed by atoms with Crippen molar-refractivity contribution in [2.45, 2.75) is 24.9 Å². The van der Waals surface area contributed by atoms with Gasteiger partial charge < -0.3 is 19.3 Å². The molecular weight excluding hydrogens is 262 g/mol. The lowest BCUT2D eigenvalue weighted by atomic mass is 10.0. The number of rotatable bonds is 7. The lowest BCUT2D eigenvalue weighted by Crippen LogP contribution is -2.30. The second kappa shape index (κ2) is 6.00. The van der Waals surface area contributed by atoms with Gasteiger partial charge in [-0.15, -0.1) is 0 Å². The molecule has 1 atom stereocenters. The highest BCUT2D eigenvalue weighted by Crippen LogP contribution is 2.42. The number of hydrogen-bond donors (Lipinski definition) is 2. The van der Waals surface area contributed by atoms with Crippen molar-refractivity contribution in [3.63, 3.8) is 0 Å². The van der Waals surface area contributed by atoms with Crippen LogP contribution in [0.5, 0.6) is 17.2 Å². The molecule has 110 valence electrons. The maximum absolute atomic E-state index is 11.5. The van der Waals surface area contributed by atoms with Gasteiger partial charge in [-0.3, -0.25) is 10.1 Å². The van der Waals surface area contributed by atoms with E-state index in [2.05, 4.69) is 5.32 Å². The Kier molecular flexibility index (Phi) is 4.34. The smallest absolute Gasteiger partial charge is 0.325 e. The molecule has 0 aromatic heterocycles. The number of aliphatic carboxylic acids is 1. The van der Waals surface area contributed by atoms with Crippen LogP contribution in [-0.4, -0.2) is 38.4 Å². The average Bonchev–Trinajstić information content (AvgIpc) is 3.26. The van der Waals surface area contributed by atoms with Crippen LogP contribution < -0.4 is 19.5 Å². The highest BCUT2D eigenvalue weighted by molar-refractivity contribution is 5.78. The number of carboxylic acids is 1. The first-order valence-corrected chi connectivity index (χ1v) is 6.40. The summed E-state index contributed by atoms with van der Waals surface area (Å²) in [5.41, 5.74) is 0.532. The standard InChI is InChI=1S/C14H19NO5/c1-18-10-7-6-9(12(19-2)13(10)20-3)11(14(16)17)15-8-4-5-8/h6-8,11,15H,4-5H2,1-3H3,(H,16,17). The van der Waals surface area contributed by atoms with E-state index in [4.69, 9.17) is 14.2 Å². The van der Waals surface area contributed by atoms with Crippen LogP contribution in [-0.2, 0) is 4.79 Å². The third-order valence-electron chi connectivity index (χ3n) is 3.27. The van der Waals surface area contributed by atoms with Crippen molar-refractivity contribution in [3.05, 3.63) is 17.7 Å². The number of carboxylic acid groups (broad SMARTS) is 1. The molecule has 0 amide bonds. The number of carbonyl (C=O) groups is 1. The van der Waals surface area contributed by atoms with Gasteiger partial charge in [0.15, 0.2) is 11.5 Å². The van der Waals surface area contributed by atoms with Crippen LogP contribution in [0.2, 0.25) is 0 Å². The van der Waals surface area contributed by atoms with Gasteiger partial charge in [-0.2, -0.15) is 0 Å². The van der Waals surface area contributed by atoms with Gasteiger partial charge in [0, 0.05) is 11.6 Å². The Hall–Kier alpha value is -1.95. The van der Waals surface area contributed by atoms with E-state index in [-0.39, 0.29) is 6.04 Å². The van der Waals surface area contributed by atoms with E-state index < -0.39 is 12.0 Å². The summed E-state index contributed by atoms with van der Waals surface area (Å²) >= 11 is 0. The van der Waals surface area contributed by atoms with Crippen molar-refractivity contribution in [2.75, 3.05) is 21.3 Å². The molecule has 2 N–H and O–H groups in total. The first-order chi connectivity index (χ1) is 9.62. The maximum atomic E-state index is 11.5. The molecule has 6 heteroatoms. The van der Waals surface area contributed by atoms with Crippen LogP contribution in [0.3, 0.4) is 0 Å². The minimum atomic E-state index is -0.942. The SMILES string of the molecule is COc1ccc(C(NC2CC2)C(=O)O)c(OC)c1OC. The van der Waals surface area contributed by atoms with Crippen molar-refractivity contribution in [2.24, 2.45) is 0 Å². The van der Waals surface area contributed by atoms with Gasteiger partial charge in [0.25, 0.3) is 0 Å². The predicted molar refractivity (Wildman–Crippen MR) is 72.6 cm³/mol. The summed E-state index contributed by atoms with van der Waals surface area (Å²) in [6, 6.07) is 2.81. The molecule has 0 saturated heterocycles. The highest BCUT2D eigenvalue weighted by atomic mass is 16.5. The predicted octanol–water partition coefficient (Wildman–Crippen LogP) is 1.59. The molecule has 1 saturated carbocycles. The van der Waals surface area contributed by atoms with Gasteiger partial charge in [-0.1, -0.05) is 0 Å². The molecule has 1 fully saturated rings. The summed E-state index contributed by atoms with van der Waals surface area (Å²) in [5.74, 6) is 0.342. The third-order valence-corrected chi connectivity index (χ3v) is 3.27. The molecule has 0 bridgehead atoms. The Bertz CT molecular complexity index is 499. The Labute approximate surface area is 117 Å². The molecule has 0 aliphatic heterocycles. The summed E-state index contributed by atoms with van der Waals surface area (Å²) in [6.45, 7) is 0. The van der Waals surface area contributed by atoms with Crippen molar-refractivity contribution in [1.29, 1.82) is 0 Å². The fourth-order valence-electron chi connectivity index (χ4n) is 2.13. The molecule has 1 aromatic rings. The van der Waals surface area contributed by atoms with E-state index in [1.807, 2.05) is 0 Å². The normalized spacial score (nSPS) is 15.6. The maximum Gasteiger partial charge on any atom is 0.325 e. The lowest BCUT2D eigenvalue weighted by Gasteiger charge is -2.20. The number of hydrogen-bond acceptors (Lipinski definition) is 5. The van der Waals surface area contributed by atoms with Crippen LogP contribution in [0.25, 0.3) is 0 Å². The second-order valence-corrected chi connectivity index (χ2v) is 4.64. The number of methoxy groups -OCH3 is 3. The van der Waals surface area contributed by atoms with Gasteiger partial charge in [-0.25, -0.2) is 0 Å². The molecule has 0 spiro atoms. The molecule has 0 heterocycles.